The second-order valence-electron chi connectivity index (χ2n) is 1.85. The molecule has 0 heterocycles. The van der Waals surface area contributed by atoms with Gasteiger partial charge in [0.1, 0.15) is 0 Å². The summed E-state index contributed by atoms with van der Waals surface area (Å²) >= 11 is 0. The maximum absolute atomic E-state index is 5.27. The Morgan fingerprint density at radius 3 is 2.12 bits per heavy atom. The quantitative estimate of drug-likeness (QED) is 0.551. The SMILES string of the molecule is CCCCCCN.[C]. The molecule has 0 rings (SSSR count). The Hall–Kier alpha value is -0.0400. The zero-order chi connectivity index (χ0) is 5.54. The predicted molar refractivity (Wildman–Crippen MR) is 36.4 cm³/mol. The van der Waals surface area contributed by atoms with Crippen LogP contribution in [0, 0.1) is 7.43 Å². The number of hydrogen-bond donors (Lipinski definition) is 1. The molecule has 0 unspecified atom stereocenters. The second-order valence-corrected chi connectivity index (χ2v) is 1.85. The number of hydrogen-bond acceptors (Lipinski definition) is 1. The van der Waals surface area contributed by atoms with Crippen LogP contribution < -0.4 is 5.73 Å². The summed E-state index contributed by atoms with van der Waals surface area (Å²) in [7, 11) is 0. The van der Waals surface area contributed by atoms with Crippen LogP contribution >= 0.6 is 0 Å². The summed E-state index contributed by atoms with van der Waals surface area (Å²) in [4.78, 5) is 0. The molecule has 0 atom stereocenters. The third-order valence-corrected chi connectivity index (χ3v) is 1.06. The molecule has 0 aromatic heterocycles. The largest absolute Gasteiger partial charge is 0.330 e. The van der Waals surface area contributed by atoms with Crippen LogP contribution in [0.15, 0.2) is 0 Å². The van der Waals surface area contributed by atoms with E-state index in [9.17, 15) is 0 Å². The van der Waals surface area contributed by atoms with Gasteiger partial charge < -0.3 is 5.73 Å². The lowest BCUT2D eigenvalue weighted by Crippen LogP contribution is -1.97. The zero-order valence-corrected chi connectivity index (χ0v) is 5.61. The average Bonchev–Trinajstić information content (AvgIpc) is 1.69. The van der Waals surface area contributed by atoms with Crippen molar-refractivity contribution in [2.45, 2.75) is 32.6 Å². The van der Waals surface area contributed by atoms with Gasteiger partial charge in [0.15, 0.2) is 0 Å². The Bertz CT molecular complexity index is 23.6. The minimum absolute atomic E-state index is 0. The van der Waals surface area contributed by atoms with Crippen molar-refractivity contribution in [1.29, 1.82) is 0 Å². The minimum Gasteiger partial charge on any atom is -0.330 e. The van der Waals surface area contributed by atoms with E-state index in [2.05, 4.69) is 6.92 Å². The summed E-state index contributed by atoms with van der Waals surface area (Å²) in [5, 5.41) is 0. The van der Waals surface area contributed by atoms with E-state index in [0.29, 0.717) is 0 Å². The molecule has 0 aliphatic heterocycles. The summed E-state index contributed by atoms with van der Waals surface area (Å²) in [5.41, 5.74) is 5.27. The molecule has 0 bridgehead atoms. The summed E-state index contributed by atoms with van der Waals surface area (Å²) in [6, 6.07) is 0. The first-order chi connectivity index (χ1) is 3.41. The van der Waals surface area contributed by atoms with E-state index >= 15 is 0 Å². The zero-order valence-electron chi connectivity index (χ0n) is 5.61. The van der Waals surface area contributed by atoms with Gasteiger partial charge >= 0.3 is 0 Å². The molecule has 1 heteroatoms. The van der Waals surface area contributed by atoms with Crippen LogP contribution in [0.25, 0.3) is 0 Å². The van der Waals surface area contributed by atoms with Crippen LogP contribution in [0.4, 0.5) is 0 Å². The molecule has 4 radical (unpaired) electrons. The van der Waals surface area contributed by atoms with E-state index in [1.807, 2.05) is 0 Å². The Kier molecular flexibility index (Phi) is 13.6. The van der Waals surface area contributed by atoms with Crippen LogP contribution in [0.1, 0.15) is 32.6 Å². The Labute approximate surface area is 53.3 Å². The van der Waals surface area contributed by atoms with Crippen LogP contribution in [0.3, 0.4) is 0 Å². The fourth-order valence-electron chi connectivity index (χ4n) is 0.571. The third-order valence-electron chi connectivity index (χ3n) is 1.06. The molecule has 0 aromatic carbocycles. The Balaban J connectivity index is 0. The molecule has 8 heavy (non-hydrogen) atoms. The van der Waals surface area contributed by atoms with Gasteiger partial charge in [0, 0.05) is 7.43 Å². The van der Waals surface area contributed by atoms with Crippen molar-refractivity contribution >= 4 is 0 Å². The van der Waals surface area contributed by atoms with E-state index < -0.39 is 0 Å². The topological polar surface area (TPSA) is 26.0 Å². The standard InChI is InChI=1S/C6H15N.C/c1-2-3-4-5-6-7;/h2-7H2,1H3;. The highest BCUT2D eigenvalue weighted by molar-refractivity contribution is 4.38. The van der Waals surface area contributed by atoms with Crippen molar-refractivity contribution in [2.75, 3.05) is 6.54 Å². The van der Waals surface area contributed by atoms with Gasteiger partial charge in [0.05, 0.1) is 0 Å². The van der Waals surface area contributed by atoms with E-state index in [-0.39, 0.29) is 7.43 Å². The van der Waals surface area contributed by atoms with Crippen molar-refractivity contribution in [3.63, 3.8) is 0 Å². The molecule has 0 aliphatic rings. The maximum atomic E-state index is 5.27. The van der Waals surface area contributed by atoms with Crippen molar-refractivity contribution in [1.82, 2.24) is 0 Å². The highest BCUT2D eigenvalue weighted by atomic mass is 14.5. The first-order valence-corrected chi connectivity index (χ1v) is 3.12. The molecule has 0 saturated heterocycles. The maximum Gasteiger partial charge on any atom is 0 e. The van der Waals surface area contributed by atoms with Gasteiger partial charge in [-0.1, -0.05) is 26.2 Å². The number of nitrogens with two attached hydrogens (primary N) is 1. The van der Waals surface area contributed by atoms with Gasteiger partial charge in [-0.2, -0.15) is 0 Å². The Morgan fingerprint density at radius 1 is 1.12 bits per heavy atom. The highest BCUT2D eigenvalue weighted by Gasteiger charge is 1.80. The number of unbranched alkanes of at least 4 members (excludes halogenated alkanes) is 3. The molecule has 2 N–H and O–H groups in total. The lowest BCUT2D eigenvalue weighted by Gasteiger charge is -1.90. The van der Waals surface area contributed by atoms with Gasteiger partial charge in [-0.25, -0.2) is 0 Å². The molecule has 0 saturated carbocycles. The van der Waals surface area contributed by atoms with Crippen LogP contribution in [-0.2, 0) is 0 Å². The molecular weight excluding hydrogens is 98.1 g/mol. The van der Waals surface area contributed by atoms with E-state index in [1.165, 1.54) is 25.7 Å². The fourth-order valence-corrected chi connectivity index (χ4v) is 0.571. The summed E-state index contributed by atoms with van der Waals surface area (Å²) in [6.45, 7) is 3.07. The van der Waals surface area contributed by atoms with Crippen LogP contribution in [0.5, 0.6) is 0 Å². The minimum atomic E-state index is 0. The van der Waals surface area contributed by atoms with Crippen molar-refractivity contribution in [3.05, 3.63) is 7.43 Å². The van der Waals surface area contributed by atoms with Crippen LogP contribution in [0.2, 0.25) is 0 Å². The second kappa shape index (κ2) is 10.0. The molecule has 0 spiro atoms. The average molecular weight is 113 g/mol. The molecule has 0 aromatic rings. The first kappa shape index (κ1) is 10.9. The van der Waals surface area contributed by atoms with Gasteiger partial charge in [-0.05, 0) is 13.0 Å². The molecule has 0 fully saturated rings. The van der Waals surface area contributed by atoms with Crippen molar-refractivity contribution in [2.24, 2.45) is 5.73 Å². The van der Waals surface area contributed by atoms with Crippen molar-refractivity contribution in [3.8, 4) is 0 Å². The molecule has 0 aliphatic carbocycles. The van der Waals surface area contributed by atoms with Gasteiger partial charge in [-0.3, -0.25) is 0 Å². The van der Waals surface area contributed by atoms with Gasteiger partial charge in [-0.15, -0.1) is 0 Å². The molecule has 0 amide bonds. The molecular formula is C7H15N. The Morgan fingerprint density at radius 2 is 1.75 bits per heavy atom. The van der Waals surface area contributed by atoms with Crippen LogP contribution in [-0.4, -0.2) is 6.54 Å². The lowest BCUT2D eigenvalue weighted by atomic mass is 10.2. The van der Waals surface area contributed by atoms with E-state index in [1.54, 1.807) is 0 Å². The predicted octanol–water partition coefficient (Wildman–Crippen LogP) is 1.61. The third kappa shape index (κ3) is 9.35. The molecule has 48 valence electrons. The molecule has 1 nitrogen and oxygen atoms in total. The fraction of sp³-hybridized carbons (Fsp3) is 0.857. The summed E-state index contributed by atoms with van der Waals surface area (Å²) in [6.07, 6.45) is 5.16. The van der Waals surface area contributed by atoms with E-state index in [0.717, 1.165) is 6.54 Å². The van der Waals surface area contributed by atoms with Crippen molar-refractivity contribution < 1.29 is 0 Å². The normalized spacial score (nSPS) is 8.25. The highest BCUT2D eigenvalue weighted by Crippen LogP contribution is 1.95. The van der Waals surface area contributed by atoms with Gasteiger partial charge in [0.2, 0.25) is 0 Å². The summed E-state index contributed by atoms with van der Waals surface area (Å²) < 4.78 is 0. The lowest BCUT2D eigenvalue weighted by molar-refractivity contribution is 0.674. The van der Waals surface area contributed by atoms with E-state index in [4.69, 9.17) is 5.73 Å². The smallest absolute Gasteiger partial charge is 0 e. The number of rotatable bonds is 4. The first-order valence-electron chi connectivity index (χ1n) is 3.12. The van der Waals surface area contributed by atoms with Gasteiger partial charge in [0.25, 0.3) is 0 Å². The summed E-state index contributed by atoms with van der Waals surface area (Å²) in [5.74, 6) is 0. The monoisotopic (exact) mass is 113 g/mol.